The second-order valence-electron chi connectivity index (χ2n) is 5.40. The van der Waals surface area contributed by atoms with Crippen LogP contribution in [0, 0.1) is 11.7 Å². The summed E-state index contributed by atoms with van der Waals surface area (Å²) in [6.07, 6.45) is 1.67. The zero-order chi connectivity index (χ0) is 18.4. The van der Waals surface area contributed by atoms with E-state index in [-0.39, 0.29) is 12.5 Å². The topological polar surface area (TPSA) is 84.3 Å². The molecule has 0 saturated heterocycles. The van der Waals surface area contributed by atoms with Gasteiger partial charge in [-0.05, 0) is 61.1 Å². The molecule has 3 aromatic rings. The summed E-state index contributed by atoms with van der Waals surface area (Å²) in [5, 5.41) is 13.7. The number of rotatable bonds is 6. The van der Waals surface area contributed by atoms with Gasteiger partial charge in [-0.15, -0.1) is 0 Å². The van der Waals surface area contributed by atoms with E-state index in [2.05, 4.69) is 20.6 Å². The lowest BCUT2D eigenvalue weighted by Gasteiger charge is -2.07. The summed E-state index contributed by atoms with van der Waals surface area (Å²) >= 11 is 5.09. The maximum Gasteiger partial charge on any atom is 0.262 e. The summed E-state index contributed by atoms with van der Waals surface area (Å²) in [5.41, 5.74) is 1.61. The van der Waals surface area contributed by atoms with Crippen molar-refractivity contribution in [1.29, 1.82) is 0 Å². The van der Waals surface area contributed by atoms with Crippen molar-refractivity contribution < 1.29 is 9.53 Å². The number of carbonyl (C=O) groups is 1. The smallest absolute Gasteiger partial charge is 0.262 e. The van der Waals surface area contributed by atoms with Crippen LogP contribution in [-0.4, -0.2) is 33.6 Å². The number of aryl methyl sites for hydroxylation is 1. The predicted molar refractivity (Wildman–Crippen MR) is 102 cm³/mol. The van der Waals surface area contributed by atoms with Crippen LogP contribution in [0.25, 0.3) is 0 Å². The molecule has 1 aromatic heterocycles. The summed E-state index contributed by atoms with van der Waals surface area (Å²) in [5.74, 6) is 1.06. The Morgan fingerprint density at radius 3 is 2.65 bits per heavy atom. The van der Waals surface area contributed by atoms with Gasteiger partial charge in [0.25, 0.3) is 5.91 Å². The molecule has 0 aliphatic rings. The molecule has 26 heavy (non-hydrogen) atoms. The summed E-state index contributed by atoms with van der Waals surface area (Å²) in [7, 11) is 0. The number of nitrogens with one attached hydrogen (secondary N) is 2. The van der Waals surface area contributed by atoms with Gasteiger partial charge in [0.1, 0.15) is 11.6 Å². The highest BCUT2D eigenvalue weighted by Gasteiger charge is 2.03. The van der Waals surface area contributed by atoms with E-state index in [1.54, 1.807) is 25.3 Å². The molecular weight excluding hydrogens is 350 g/mol. The van der Waals surface area contributed by atoms with E-state index in [4.69, 9.17) is 17.0 Å². The minimum absolute atomic E-state index is 0.0638. The molecule has 0 saturated carbocycles. The van der Waals surface area contributed by atoms with Crippen LogP contribution in [0.5, 0.6) is 5.75 Å². The molecule has 1 heterocycles. The fraction of sp³-hybridized carbons (Fsp3) is 0.111. The molecule has 8 heteroatoms. The van der Waals surface area contributed by atoms with Gasteiger partial charge in [0.2, 0.25) is 4.77 Å². The average molecular weight is 367 g/mol. The molecule has 2 aromatic carbocycles. The van der Waals surface area contributed by atoms with E-state index in [1.165, 1.54) is 4.68 Å². The lowest BCUT2D eigenvalue weighted by atomic mass is 10.2. The normalized spacial score (nSPS) is 10.8. The first-order chi connectivity index (χ1) is 12.6. The van der Waals surface area contributed by atoms with E-state index in [1.807, 2.05) is 42.5 Å². The molecule has 132 valence electrons. The lowest BCUT2D eigenvalue weighted by Crippen LogP contribution is -2.20. The number of benzene rings is 2. The fourth-order valence-electron chi connectivity index (χ4n) is 2.15. The van der Waals surface area contributed by atoms with Crippen LogP contribution in [0.4, 0.5) is 5.69 Å². The molecule has 0 fully saturated rings. The second kappa shape index (κ2) is 8.21. The Hall–Kier alpha value is -3.26. The molecule has 1 amide bonds. The number of H-pyrrole nitrogens is 1. The third-order valence-corrected chi connectivity index (χ3v) is 3.71. The first kappa shape index (κ1) is 17.6. The second-order valence-corrected chi connectivity index (χ2v) is 5.79. The minimum Gasteiger partial charge on any atom is -0.484 e. The number of hydrogen-bond donors (Lipinski definition) is 2. The zero-order valence-corrected chi connectivity index (χ0v) is 14.9. The van der Waals surface area contributed by atoms with Crippen molar-refractivity contribution in [3.8, 4) is 5.75 Å². The number of aromatic nitrogens is 3. The molecule has 7 nitrogen and oxygen atoms in total. The largest absolute Gasteiger partial charge is 0.484 e. The van der Waals surface area contributed by atoms with Gasteiger partial charge in [-0.2, -0.15) is 14.9 Å². The lowest BCUT2D eigenvalue weighted by molar-refractivity contribution is -0.118. The van der Waals surface area contributed by atoms with E-state index in [0.29, 0.717) is 16.3 Å². The van der Waals surface area contributed by atoms with Crippen molar-refractivity contribution in [1.82, 2.24) is 14.9 Å². The number of carbonyl (C=O) groups excluding carboxylic acids is 1. The standard InChI is InChI=1S/C18H17N5O2S/c1-13-21-22-18(26)23(13)19-11-14-7-9-16(10-8-14)25-12-17(24)20-15-5-3-2-4-6-15/h2-11H,12H2,1H3,(H,20,24)(H,22,26)/b19-11-. The highest BCUT2D eigenvalue weighted by molar-refractivity contribution is 7.71. The van der Waals surface area contributed by atoms with Crippen molar-refractivity contribution >= 4 is 30.0 Å². The number of hydrogen-bond acceptors (Lipinski definition) is 5. The molecule has 0 spiro atoms. The van der Waals surface area contributed by atoms with Crippen molar-refractivity contribution in [2.45, 2.75) is 6.92 Å². The van der Waals surface area contributed by atoms with Gasteiger partial charge in [-0.3, -0.25) is 9.89 Å². The van der Waals surface area contributed by atoms with Gasteiger partial charge in [0.05, 0.1) is 6.21 Å². The molecule has 3 rings (SSSR count). The summed E-state index contributed by atoms with van der Waals surface area (Å²) < 4.78 is 7.46. The Balaban J connectivity index is 1.54. The van der Waals surface area contributed by atoms with Crippen LogP contribution < -0.4 is 10.1 Å². The fourth-order valence-corrected chi connectivity index (χ4v) is 2.37. The van der Waals surface area contributed by atoms with Crippen molar-refractivity contribution in [2.75, 3.05) is 11.9 Å². The third-order valence-electron chi connectivity index (χ3n) is 3.44. The first-order valence-electron chi connectivity index (χ1n) is 7.88. The Morgan fingerprint density at radius 2 is 2.00 bits per heavy atom. The van der Waals surface area contributed by atoms with Gasteiger partial charge in [0.15, 0.2) is 6.61 Å². The van der Waals surface area contributed by atoms with E-state index >= 15 is 0 Å². The average Bonchev–Trinajstić information content (AvgIpc) is 2.98. The van der Waals surface area contributed by atoms with Crippen molar-refractivity contribution in [3.63, 3.8) is 0 Å². The zero-order valence-electron chi connectivity index (χ0n) is 14.0. The molecule has 0 bridgehead atoms. The number of aromatic amines is 1. The number of anilines is 1. The Bertz CT molecular complexity index is 961. The van der Waals surface area contributed by atoms with Crippen LogP contribution in [0.2, 0.25) is 0 Å². The summed E-state index contributed by atoms with van der Waals surface area (Å²) in [6, 6.07) is 16.5. The number of para-hydroxylation sites is 1. The van der Waals surface area contributed by atoms with Crippen molar-refractivity contribution in [2.24, 2.45) is 5.10 Å². The SMILES string of the molecule is Cc1n[nH]c(=S)n1/N=C\c1ccc(OCC(=O)Nc2ccccc2)cc1. The van der Waals surface area contributed by atoms with Crippen LogP contribution >= 0.6 is 12.2 Å². The molecule has 0 aliphatic carbocycles. The first-order valence-corrected chi connectivity index (χ1v) is 8.29. The Morgan fingerprint density at radius 1 is 1.27 bits per heavy atom. The Labute approximate surface area is 155 Å². The Kier molecular flexibility index (Phi) is 5.55. The van der Waals surface area contributed by atoms with E-state index < -0.39 is 0 Å². The summed E-state index contributed by atoms with van der Waals surface area (Å²) in [4.78, 5) is 11.9. The van der Waals surface area contributed by atoms with Crippen molar-refractivity contribution in [3.05, 3.63) is 70.8 Å². The molecule has 0 radical (unpaired) electrons. The quantitative estimate of drug-likeness (QED) is 0.518. The third kappa shape index (κ3) is 4.64. The molecule has 2 N–H and O–H groups in total. The predicted octanol–water partition coefficient (Wildman–Crippen LogP) is 3.15. The van der Waals surface area contributed by atoms with Gasteiger partial charge < -0.3 is 10.1 Å². The van der Waals surface area contributed by atoms with Crippen LogP contribution in [0.3, 0.4) is 0 Å². The molecule has 0 unspecified atom stereocenters. The van der Waals surface area contributed by atoms with Crippen LogP contribution in [-0.2, 0) is 4.79 Å². The van der Waals surface area contributed by atoms with E-state index in [9.17, 15) is 4.79 Å². The van der Waals surface area contributed by atoms with Gasteiger partial charge in [-0.1, -0.05) is 18.2 Å². The number of ether oxygens (including phenoxy) is 1. The minimum atomic E-state index is -0.216. The highest BCUT2D eigenvalue weighted by Crippen LogP contribution is 2.12. The molecular formula is C18H17N5O2S. The summed E-state index contributed by atoms with van der Waals surface area (Å²) in [6.45, 7) is 1.74. The van der Waals surface area contributed by atoms with E-state index in [0.717, 1.165) is 11.3 Å². The van der Waals surface area contributed by atoms with Gasteiger partial charge >= 0.3 is 0 Å². The highest BCUT2D eigenvalue weighted by atomic mass is 32.1. The molecule has 0 aliphatic heterocycles. The monoisotopic (exact) mass is 367 g/mol. The number of amides is 1. The maximum absolute atomic E-state index is 11.9. The van der Waals surface area contributed by atoms with Crippen LogP contribution in [0.15, 0.2) is 59.7 Å². The van der Waals surface area contributed by atoms with Gasteiger partial charge in [0, 0.05) is 5.69 Å². The van der Waals surface area contributed by atoms with Gasteiger partial charge in [-0.25, -0.2) is 0 Å². The van der Waals surface area contributed by atoms with Crippen LogP contribution in [0.1, 0.15) is 11.4 Å². The maximum atomic E-state index is 11.9. The number of nitrogens with zero attached hydrogens (tertiary/aromatic N) is 3. The molecule has 0 atom stereocenters.